The standard InChI is InChI=1S/C22H17FN2O3/c1-27-20-12-14(21-24-18-9-5-3-7-16(18)22(26)25-21)10-11-19(20)28-13-15-6-2-4-8-17(15)23/h2-12H,13H2,1H3,(H,24,25,26). The smallest absolute Gasteiger partial charge is 0.259 e. The van der Waals surface area contributed by atoms with Crippen molar-refractivity contribution in [2.45, 2.75) is 6.61 Å². The van der Waals surface area contributed by atoms with Crippen molar-refractivity contribution in [1.29, 1.82) is 0 Å². The number of H-pyrrole nitrogens is 1. The summed E-state index contributed by atoms with van der Waals surface area (Å²) >= 11 is 0. The lowest BCUT2D eigenvalue weighted by molar-refractivity contribution is 0.280. The largest absolute Gasteiger partial charge is 0.493 e. The van der Waals surface area contributed by atoms with Gasteiger partial charge in [0.15, 0.2) is 11.5 Å². The summed E-state index contributed by atoms with van der Waals surface area (Å²) in [6, 6.07) is 18.8. The van der Waals surface area contributed by atoms with Crippen LogP contribution in [0.5, 0.6) is 11.5 Å². The summed E-state index contributed by atoms with van der Waals surface area (Å²) in [5.74, 6) is 1.04. The van der Waals surface area contributed by atoms with E-state index < -0.39 is 0 Å². The van der Waals surface area contributed by atoms with E-state index in [0.29, 0.717) is 39.4 Å². The number of rotatable bonds is 5. The number of benzene rings is 3. The number of nitrogens with zero attached hydrogens (tertiary/aromatic N) is 1. The molecule has 0 unspecified atom stereocenters. The molecular formula is C22H17FN2O3. The number of methoxy groups -OCH3 is 1. The quantitative estimate of drug-likeness (QED) is 0.564. The fourth-order valence-electron chi connectivity index (χ4n) is 2.93. The van der Waals surface area contributed by atoms with Crippen molar-refractivity contribution in [2.24, 2.45) is 0 Å². The molecule has 0 bridgehead atoms. The molecule has 0 fully saturated rings. The topological polar surface area (TPSA) is 64.2 Å². The van der Waals surface area contributed by atoms with Crippen LogP contribution in [0.3, 0.4) is 0 Å². The summed E-state index contributed by atoms with van der Waals surface area (Å²) < 4.78 is 24.9. The number of hydrogen-bond donors (Lipinski definition) is 1. The van der Waals surface area contributed by atoms with Gasteiger partial charge in [-0.1, -0.05) is 30.3 Å². The minimum Gasteiger partial charge on any atom is -0.493 e. The third-order valence-corrected chi connectivity index (χ3v) is 4.39. The number of para-hydroxylation sites is 1. The van der Waals surface area contributed by atoms with Gasteiger partial charge in [-0.25, -0.2) is 9.37 Å². The summed E-state index contributed by atoms with van der Waals surface area (Å²) in [4.78, 5) is 19.6. The van der Waals surface area contributed by atoms with Crippen LogP contribution in [0, 0.1) is 5.82 Å². The number of nitrogens with one attached hydrogen (secondary N) is 1. The first-order valence-corrected chi connectivity index (χ1v) is 8.69. The molecule has 4 aromatic rings. The van der Waals surface area contributed by atoms with Gasteiger partial charge in [-0.3, -0.25) is 4.79 Å². The Morgan fingerprint density at radius 1 is 1.00 bits per heavy atom. The SMILES string of the molecule is COc1cc(-c2nc3ccccc3c(=O)[nH]2)ccc1OCc1ccccc1F. The van der Waals surface area contributed by atoms with Gasteiger partial charge in [0.1, 0.15) is 18.2 Å². The van der Waals surface area contributed by atoms with Crippen LogP contribution in [-0.4, -0.2) is 17.1 Å². The van der Waals surface area contributed by atoms with Crippen molar-refractivity contribution < 1.29 is 13.9 Å². The molecule has 0 amide bonds. The molecule has 1 N–H and O–H groups in total. The maximum atomic E-state index is 13.8. The molecule has 1 heterocycles. The van der Waals surface area contributed by atoms with Crippen molar-refractivity contribution in [3.63, 3.8) is 0 Å². The average Bonchev–Trinajstić information content (AvgIpc) is 2.73. The lowest BCUT2D eigenvalue weighted by atomic mass is 10.1. The molecule has 3 aromatic carbocycles. The monoisotopic (exact) mass is 376 g/mol. The maximum absolute atomic E-state index is 13.8. The minimum atomic E-state index is -0.323. The van der Waals surface area contributed by atoms with Gasteiger partial charge in [-0.15, -0.1) is 0 Å². The second-order valence-corrected chi connectivity index (χ2v) is 6.18. The summed E-state index contributed by atoms with van der Waals surface area (Å²) in [7, 11) is 1.52. The van der Waals surface area contributed by atoms with Crippen molar-refractivity contribution in [3.8, 4) is 22.9 Å². The molecule has 0 atom stereocenters. The molecular weight excluding hydrogens is 359 g/mol. The number of ether oxygens (including phenoxy) is 2. The lowest BCUT2D eigenvalue weighted by Gasteiger charge is -2.12. The molecule has 0 aliphatic heterocycles. The second kappa shape index (κ2) is 7.52. The molecule has 4 rings (SSSR count). The van der Waals surface area contributed by atoms with Gasteiger partial charge in [0.05, 0.1) is 18.0 Å². The third kappa shape index (κ3) is 3.44. The number of aromatic nitrogens is 2. The summed E-state index contributed by atoms with van der Waals surface area (Å²) in [5.41, 5.74) is 1.53. The van der Waals surface area contributed by atoms with Gasteiger partial charge >= 0.3 is 0 Å². The Balaban J connectivity index is 1.65. The molecule has 0 aliphatic carbocycles. The first kappa shape index (κ1) is 17.7. The molecule has 0 aliphatic rings. The van der Waals surface area contributed by atoms with Crippen LogP contribution in [0.1, 0.15) is 5.56 Å². The van der Waals surface area contributed by atoms with Gasteiger partial charge in [-0.2, -0.15) is 0 Å². The van der Waals surface area contributed by atoms with E-state index in [1.165, 1.54) is 13.2 Å². The second-order valence-electron chi connectivity index (χ2n) is 6.18. The summed E-state index contributed by atoms with van der Waals surface area (Å²) in [5, 5.41) is 0.531. The van der Waals surface area contributed by atoms with Crippen LogP contribution in [0.15, 0.2) is 71.5 Å². The average molecular weight is 376 g/mol. The number of aromatic amines is 1. The van der Waals surface area contributed by atoms with E-state index >= 15 is 0 Å². The molecule has 0 saturated heterocycles. The van der Waals surface area contributed by atoms with Gasteiger partial charge in [0.2, 0.25) is 0 Å². The van der Waals surface area contributed by atoms with E-state index in [4.69, 9.17) is 9.47 Å². The Labute approximate surface area is 160 Å². The van der Waals surface area contributed by atoms with Gasteiger partial charge in [0.25, 0.3) is 5.56 Å². The van der Waals surface area contributed by atoms with Crippen molar-refractivity contribution >= 4 is 10.9 Å². The fourth-order valence-corrected chi connectivity index (χ4v) is 2.93. The Kier molecular flexibility index (Phi) is 4.76. The summed E-state index contributed by atoms with van der Waals surface area (Å²) in [6.07, 6.45) is 0. The third-order valence-electron chi connectivity index (χ3n) is 4.39. The predicted molar refractivity (Wildman–Crippen MR) is 105 cm³/mol. The zero-order chi connectivity index (χ0) is 19.5. The Morgan fingerprint density at radius 2 is 1.79 bits per heavy atom. The zero-order valence-corrected chi connectivity index (χ0v) is 15.1. The Bertz CT molecular complexity index is 1200. The van der Waals surface area contributed by atoms with Crippen molar-refractivity contribution in [2.75, 3.05) is 7.11 Å². The fraction of sp³-hybridized carbons (Fsp3) is 0.0909. The normalized spacial score (nSPS) is 10.8. The molecule has 0 radical (unpaired) electrons. The number of halogens is 1. The number of fused-ring (bicyclic) bond motifs is 1. The van der Waals surface area contributed by atoms with Gasteiger partial charge in [0, 0.05) is 11.1 Å². The molecule has 28 heavy (non-hydrogen) atoms. The molecule has 140 valence electrons. The van der Waals surface area contributed by atoms with Crippen molar-refractivity contribution in [3.05, 3.63) is 88.5 Å². The maximum Gasteiger partial charge on any atom is 0.259 e. The summed E-state index contributed by atoms with van der Waals surface area (Å²) in [6.45, 7) is 0.0768. The van der Waals surface area contributed by atoms with Crippen LogP contribution in [0.25, 0.3) is 22.3 Å². The Morgan fingerprint density at radius 3 is 2.61 bits per heavy atom. The molecule has 0 spiro atoms. The number of hydrogen-bond acceptors (Lipinski definition) is 4. The van der Waals surface area contributed by atoms with E-state index in [1.54, 1.807) is 54.6 Å². The van der Waals surface area contributed by atoms with E-state index in [9.17, 15) is 9.18 Å². The van der Waals surface area contributed by atoms with Gasteiger partial charge < -0.3 is 14.5 Å². The van der Waals surface area contributed by atoms with E-state index in [1.807, 2.05) is 6.07 Å². The van der Waals surface area contributed by atoms with Crippen LogP contribution in [-0.2, 0) is 6.61 Å². The van der Waals surface area contributed by atoms with Crippen LogP contribution < -0.4 is 15.0 Å². The highest BCUT2D eigenvalue weighted by molar-refractivity contribution is 5.79. The highest BCUT2D eigenvalue weighted by Crippen LogP contribution is 2.32. The molecule has 6 heteroatoms. The highest BCUT2D eigenvalue weighted by Gasteiger charge is 2.11. The van der Waals surface area contributed by atoms with E-state index in [2.05, 4.69) is 9.97 Å². The first-order valence-electron chi connectivity index (χ1n) is 8.69. The van der Waals surface area contributed by atoms with Crippen LogP contribution in [0.2, 0.25) is 0 Å². The van der Waals surface area contributed by atoms with Crippen molar-refractivity contribution in [1.82, 2.24) is 9.97 Å². The van der Waals surface area contributed by atoms with E-state index in [-0.39, 0.29) is 18.0 Å². The highest BCUT2D eigenvalue weighted by atomic mass is 19.1. The Hall–Kier alpha value is -3.67. The minimum absolute atomic E-state index is 0.0768. The van der Waals surface area contributed by atoms with Crippen LogP contribution in [0.4, 0.5) is 4.39 Å². The molecule has 1 aromatic heterocycles. The van der Waals surface area contributed by atoms with E-state index in [0.717, 1.165) is 0 Å². The first-order chi connectivity index (χ1) is 13.7. The van der Waals surface area contributed by atoms with Crippen LogP contribution >= 0.6 is 0 Å². The lowest BCUT2D eigenvalue weighted by Crippen LogP contribution is -2.09. The zero-order valence-electron chi connectivity index (χ0n) is 15.1. The predicted octanol–water partition coefficient (Wildman–Crippen LogP) is 4.32. The van der Waals surface area contributed by atoms with Gasteiger partial charge in [-0.05, 0) is 36.4 Å². The molecule has 0 saturated carbocycles. The molecule has 5 nitrogen and oxygen atoms in total.